The molecule has 0 aliphatic carbocycles. The summed E-state index contributed by atoms with van der Waals surface area (Å²) in [7, 11) is 0. The Morgan fingerprint density at radius 1 is 1.00 bits per heavy atom. The third-order valence-corrected chi connectivity index (χ3v) is 5.63. The lowest BCUT2D eigenvalue weighted by Gasteiger charge is -2.40. The van der Waals surface area contributed by atoms with Gasteiger partial charge in [0, 0.05) is 25.1 Å². The number of alkyl halides is 1. The van der Waals surface area contributed by atoms with Gasteiger partial charge in [0.2, 0.25) is 0 Å². The van der Waals surface area contributed by atoms with Gasteiger partial charge < -0.3 is 9.64 Å². The summed E-state index contributed by atoms with van der Waals surface area (Å²) in [5, 5.41) is 1.11. The molecule has 0 radical (unpaired) electrons. The van der Waals surface area contributed by atoms with Crippen LogP contribution in [0.5, 0.6) is 0 Å². The first-order chi connectivity index (χ1) is 9.47. The van der Waals surface area contributed by atoms with Crippen molar-refractivity contribution < 1.29 is 4.74 Å². The van der Waals surface area contributed by atoms with Crippen LogP contribution in [-0.2, 0) is 4.74 Å². The zero-order valence-corrected chi connectivity index (χ0v) is 15.5. The Bertz CT molecular complexity index is 237. The molecule has 1 heterocycles. The number of nitrogens with zero attached hydrogens (tertiary/aromatic N) is 1. The lowest BCUT2D eigenvalue weighted by atomic mass is 9.81. The molecule has 0 aromatic carbocycles. The maximum atomic E-state index is 5.57. The molecule has 0 N–H and O–H groups in total. The number of halogens is 1. The van der Waals surface area contributed by atoms with Crippen LogP contribution in [0.4, 0.5) is 0 Å². The van der Waals surface area contributed by atoms with Gasteiger partial charge >= 0.3 is 0 Å². The van der Waals surface area contributed by atoms with Gasteiger partial charge in [0.15, 0.2) is 0 Å². The Kier molecular flexibility index (Phi) is 8.69. The van der Waals surface area contributed by atoms with E-state index in [1.54, 1.807) is 0 Å². The summed E-state index contributed by atoms with van der Waals surface area (Å²) >= 11 is 3.77. The third kappa shape index (κ3) is 6.91. The minimum absolute atomic E-state index is 0.437. The lowest BCUT2D eigenvalue weighted by Crippen LogP contribution is -2.43. The average molecular weight is 348 g/mol. The Morgan fingerprint density at radius 3 is 1.90 bits per heavy atom. The summed E-state index contributed by atoms with van der Waals surface area (Å²) in [5.41, 5.74) is 0.437. The van der Waals surface area contributed by atoms with Crippen LogP contribution in [0.25, 0.3) is 0 Å². The van der Waals surface area contributed by atoms with E-state index >= 15 is 0 Å². The molecule has 20 heavy (non-hydrogen) atoms. The van der Waals surface area contributed by atoms with Crippen molar-refractivity contribution in [2.45, 2.75) is 53.4 Å². The van der Waals surface area contributed by atoms with Crippen LogP contribution >= 0.6 is 15.9 Å². The van der Waals surface area contributed by atoms with E-state index in [-0.39, 0.29) is 0 Å². The van der Waals surface area contributed by atoms with Gasteiger partial charge in [0.1, 0.15) is 0 Å². The van der Waals surface area contributed by atoms with Crippen molar-refractivity contribution in [2.75, 3.05) is 38.2 Å². The summed E-state index contributed by atoms with van der Waals surface area (Å²) < 4.78 is 5.57. The lowest BCUT2D eigenvalue weighted by molar-refractivity contribution is 0.00685. The predicted octanol–water partition coefficient (Wildman–Crippen LogP) is 4.57. The molecule has 120 valence electrons. The molecule has 1 aliphatic rings. The fourth-order valence-corrected chi connectivity index (χ4v) is 3.50. The Hall–Kier alpha value is 0.400. The van der Waals surface area contributed by atoms with Crippen molar-refractivity contribution >= 4 is 15.9 Å². The maximum Gasteiger partial charge on any atom is 0.0472 e. The van der Waals surface area contributed by atoms with E-state index in [4.69, 9.17) is 4.74 Å². The smallest absolute Gasteiger partial charge is 0.0472 e. The van der Waals surface area contributed by atoms with E-state index in [0.29, 0.717) is 5.41 Å². The van der Waals surface area contributed by atoms with Crippen LogP contribution in [0.3, 0.4) is 0 Å². The average Bonchev–Trinajstić information content (AvgIpc) is 2.42. The Balaban J connectivity index is 2.55. The van der Waals surface area contributed by atoms with Gasteiger partial charge in [0.05, 0.1) is 0 Å². The van der Waals surface area contributed by atoms with Crippen LogP contribution in [0.1, 0.15) is 53.4 Å². The highest BCUT2D eigenvalue weighted by Crippen LogP contribution is 2.33. The van der Waals surface area contributed by atoms with Crippen LogP contribution in [0.2, 0.25) is 0 Å². The SMILES string of the molecule is CC(C)CCN(CCC(C)C)CC1(CBr)CCOCC1. The second-order valence-electron chi connectivity index (χ2n) is 7.39. The summed E-state index contributed by atoms with van der Waals surface area (Å²) in [6.45, 7) is 14.9. The number of ether oxygens (including phenoxy) is 1. The highest BCUT2D eigenvalue weighted by Gasteiger charge is 2.33. The first-order valence-corrected chi connectivity index (χ1v) is 9.45. The van der Waals surface area contributed by atoms with E-state index in [1.165, 1.54) is 45.3 Å². The maximum absolute atomic E-state index is 5.57. The first-order valence-electron chi connectivity index (χ1n) is 8.33. The molecular formula is C17H34BrNO. The van der Waals surface area contributed by atoms with Crippen LogP contribution < -0.4 is 0 Å². The first kappa shape index (κ1) is 18.4. The van der Waals surface area contributed by atoms with Gasteiger partial charge in [-0.3, -0.25) is 0 Å². The fourth-order valence-electron chi connectivity index (χ4n) is 2.76. The van der Waals surface area contributed by atoms with Crippen molar-refractivity contribution in [3.63, 3.8) is 0 Å². The predicted molar refractivity (Wildman–Crippen MR) is 91.6 cm³/mol. The molecule has 1 saturated heterocycles. The Morgan fingerprint density at radius 2 is 1.50 bits per heavy atom. The van der Waals surface area contributed by atoms with Gasteiger partial charge in [-0.1, -0.05) is 43.6 Å². The van der Waals surface area contributed by atoms with E-state index in [9.17, 15) is 0 Å². The van der Waals surface area contributed by atoms with E-state index in [2.05, 4.69) is 48.5 Å². The molecule has 1 fully saturated rings. The zero-order chi connectivity index (χ0) is 15.0. The number of rotatable bonds is 9. The highest BCUT2D eigenvalue weighted by atomic mass is 79.9. The van der Waals surface area contributed by atoms with E-state index < -0.39 is 0 Å². The van der Waals surface area contributed by atoms with Crippen molar-refractivity contribution in [1.29, 1.82) is 0 Å². The molecule has 0 spiro atoms. The van der Waals surface area contributed by atoms with Crippen molar-refractivity contribution in [1.82, 2.24) is 4.90 Å². The monoisotopic (exact) mass is 347 g/mol. The minimum atomic E-state index is 0.437. The highest BCUT2D eigenvalue weighted by molar-refractivity contribution is 9.09. The molecule has 2 nitrogen and oxygen atoms in total. The fraction of sp³-hybridized carbons (Fsp3) is 1.00. The molecule has 3 heteroatoms. The summed E-state index contributed by atoms with van der Waals surface area (Å²) in [6.07, 6.45) is 5.04. The largest absolute Gasteiger partial charge is 0.381 e. The van der Waals surface area contributed by atoms with Crippen LogP contribution in [-0.4, -0.2) is 43.1 Å². The van der Waals surface area contributed by atoms with Gasteiger partial charge in [-0.25, -0.2) is 0 Å². The molecule has 0 atom stereocenters. The molecule has 1 rings (SSSR count). The van der Waals surface area contributed by atoms with Crippen molar-refractivity contribution in [3.05, 3.63) is 0 Å². The van der Waals surface area contributed by atoms with Gasteiger partial charge in [-0.2, -0.15) is 0 Å². The van der Waals surface area contributed by atoms with Crippen molar-refractivity contribution in [2.24, 2.45) is 17.3 Å². The topological polar surface area (TPSA) is 12.5 Å². The number of hydrogen-bond acceptors (Lipinski definition) is 2. The molecule has 0 amide bonds. The zero-order valence-electron chi connectivity index (χ0n) is 14.0. The van der Waals surface area contributed by atoms with Crippen LogP contribution in [0, 0.1) is 17.3 Å². The van der Waals surface area contributed by atoms with E-state index in [0.717, 1.165) is 30.4 Å². The standard InChI is InChI=1S/C17H34BrNO/c1-15(2)5-9-19(10-6-16(3)4)14-17(13-18)7-11-20-12-8-17/h15-16H,5-14H2,1-4H3. The molecule has 0 aromatic rings. The molecule has 0 saturated carbocycles. The molecule has 0 unspecified atom stereocenters. The molecule has 0 aromatic heterocycles. The molecule has 0 bridgehead atoms. The quantitative estimate of drug-likeness (QED) is 0.566. The minimum Gasteiger partial charge on any atom is -0.381 e. The van der Waals surface area contributed by atoms with Gasteiger partial charge in [-0.05, 0) is 56.0 Å². The van der Waals surface area contributed by atoms with Gasteiger partial charge in [-0.15, -0.1) is 0 Å². The van der Waals surface area contributed by atoms with Crippen molar-refractivity contribution in [3.8, 4) is 0 Å². The summed E-state index contributed by atoms with van der Waals surface area (Å²) in [4.78, 5) is 2.71. The van der Waals surface area contributed by atoms with Crippen LogP contribution in [0.15, 0.2) is 0 Å². The third-order valence-electron chi connectivity index (χ3n) is 4.44. The van der Waals surface area contributed by atoms with E-state index in [1.807, 2.05) is 0 Å². The summed E-state index contributed by atoms with van der Waals surface area (Å²) in [5.74, 6) is 1.59. The molecule has 1 aliphatic heterocycles. The molecular weight excluding hydrogens is 314 g/mol. The van der Waals surface area contributed by atoms with Gasteiger partial charge in [0.25, 0.3) is 0 Å². The second kappa shape index (κ2) is 9.42. The second-order valence-corrected chi connectivity index (χ2v) is 7.95. The Labute approximate surface area is 134 Å². The summed E-state index contributed by atoms with van der Waals surface area (Å²) in [6, 6.07) is 0. The number of hydrogen-bond donors (Lipinski definition) is 0. The normalized spacial score (nSPS) is 19.2.